The number of fused-ring (bicyclic) bond motifs is 1. The van der Waals surface area contributed by atoms with Crippen LogP contribution >= 0.6 is 0 Å². The lowest BCUT2D eigenvalue weighted by atomic mass is 9.93. The summed E-state index contributed by atoms with van der Waals surface area (Å²) in [6, 6.07) is 7.83. The Hall–Kier alpha value is -3.03. The summed E-state index contributed by atoms with van der Waals surface area (Å²) in [5, 5.41) is 0. The number of amides is 1. The molecular formula is C20H18F3N3O2. The zero-order valence-electron chi connectivity index (χ0n) is 14.9. The highest BCUT2D eigenvalue weighted by molar-refractivity contribution is 6.01. The summed E-state index contributed by atoms with van der Waals surface area (Å²) in [4.78, 5) is 18.0. The number of carbonyl (C=O) groups excluding carboxylic acids is 1. The number of alkyl halides is 2. The molecule has 4 rings (SSSR count). The minimum atomic E-state index is -2.45. The van der Waals surface area contributed by atoms with Crippen LogP contribution in [-0.2, 0) is 11.2 Å². The van der Waals surface area contributed by atoms with E-state index in [1.165, 1.54) is 6.07 Å². The first-order valence-electron chi connectivity index (χ1n) is 8.95. The number of β-lactam (4-membered cyclic amide) rings is 1. The number of aromatic nitrogens is 2. The predicted octanol–water partition coefficient (Wildman–Crippen LogP) is 3.86. The van der Waals surface area contributed by atoms with Crippen LogP contribution < -0.4 is 9.64 Å². The lowest BCUT2D eigenvalue weighted by Gasteiger charge is -2.40. The van der Waals surface area contributed by atoms with Crippen LogP contribution in [0.1, 0.15) is 18.4 Å². The van der Waals surface area contributed by atoms with Crippen molar-refractivity contribution >= 4 is 17.2 Å². The minimum absolute atomic E-state index is 0.0201. The Morgan fingerprint density at radius 1 is 1.21 bits per heavy atom. The molecule has 0 radical (unpaired) electrons. The molecule has 1 amide bonds. The summed E-state index contributed by atoms with van der Waals surface area (Å²) in [7, 11) is 0. The number of nitrogens with zero attached hydrogens (tertiary/aromatic N) is 3. The summed E-state index contributed by atoms with van der Waals surface area (Å²) < 4.78 is 45.7. The highest BCUT2D eigenvalue weighted by Crippen LogP contribution is 2.31. The minimum Gasteiger partial charge on any atom is -0.493 e. The SMILES string of the molecule is O=C1CC(Cc2ccc(OCCC(F)F)cc2F)N1c1ccn2ccnc2c1. The fourth-order valence-corrected chi connectivity index (χ4v) is 3.35. The Labute approximate surface area is 159 Å². The van der Waals surface area contributed by atoms with Gasteiger partial charge in [0.2, 0.25) is 12.3 Å². The Morgan fingerprint density at radius 2 is 2.07 bits per heavy atom. The fraction of sp³-hybridized carbons (Fsp3) is 0.300. The molecule has 1 atom stereocenters. The summed E-state index contributed by atoms with van der Waals surface area (Å²) in [5.41, 5.74) is 1.91. The first kappa shape index (κ1) is 18.3. The van der Waals surface area contributed by atoms with Crippen molar-refractivity contribution in [2.75, 3.05) is 11.5 Å². The standard InChI is InChI=1S/C20H18F3N3O2/c21-17-12-16(28-8-4-18(22)23)2-1-13(17)9-15-11-20(27)26(15)14-3-6-25-7-5-24-19(25)10-14/h1-3,5-7,10,12,15,18H,4,8-9,11H2. The van der Waals surface area contributed by atoms with E-state index < -0.39 is 18.7 Å². The van der Waals surface area contributed by atoms with E-state index in [0.717, 1.165) is 11.3 Å². The van der Waals surface area contributed by atoms with Gasteiger partial charge >= 0.3 is 0 Å². The first-order valence-corrected chi connectivity index (χ1v) is 8.95. The van der Waals surface area contributed by atoms with Crippen LogP contribution in [0.3, 0.4) is 0 Å². The number of imidazole rings is 1. The topological polar surface area (TPSA) is 46.8 Å². The van der Waals surface area contributed by atoms with Gasteiger partial charge < -0.3 is 14.0 Å². The predicted molar refractivity (Wildman–Crippen MR) is 97.3 cm³/mol. The van der Waals surface area contributed by atoms with Crippen LogP contribution in [0.25, 0.3) is 5.65 Å². The third kappa shape index (κ3) is 3.67. The van der Waals surface area contributed by atoms with Crippen molar-refractivity contribution in [1.29, 1.82) is 0 Å². The second-order valence-corrected chi connectivity index (χ2v) is 6.68. The third-order valence-corrected chi connectivity index (χ3v) is 4.79. The van der Waals surface area contributed by atoms with E-state index in [2.05, 4.69) is 4.98 Å². The van der Waals surface area contributed by atoms with Crippen LogP contribution in [0.15, 0.2) is 48.9 Å². The lowest BCUT2D eigenvalue weighted by Crippen LogP contribution is -2.54. The Balaban J connectivity index is 1.45. The van der Waals surface area contributed by atoms with Gasteiger partial charge in [0, 0.05) is 55.3 Å². The van der Waals surface area contributed by atoms with E-state index in [9.17, 15) is 18.0 Å². The molecule has 8 heteroatoms. The second-order valence-electron chi connectivity index (χ2n) is 6.68. The number of halogens is 3. The maximum atomic E-state index is 14.4. The van der Waals surface area contributed by atoms with Gasteiger partial charge in [-0.3, -0.25) is 4.79 Å². The lowest BCUT2D eigenvalue weighted by molar-refractivity contribution is -0.124. The molecule has 3 aromatic rings. The van der Waals surface area contributed by atoms with E-state index in [1.54, 1.807) is 23.2 Å². The van der Waals surface area contributed by atoms with Gasteiger partial charge in [0.15, 0.2) is 0 Å². The van der Waals surface area contributed by atoms with E-state index in [0.29, 0.717) is 18.4 Å². The molecule has 1 aromatic carbocycles. The Morgan fingerprint density at radius 3 is 2.82 bits per heavy atom. The van der Waals surface area contributed by atoms with Crippen LogP contribution in [0.5, 0.6) is 5.75 Å². The normalized spacial score (nSPS) is 16.6. The largest absolute Gasteiger partial charge is 0.493 e. The fourth-order valence-electron chi connectivity index (χ4n) is 3.35. The molecule has 0 aliphatic carbocycles. The molecule has 3 heterocycles. The van der Waals surface area contributed by atoms with Crippen molar-refractivity contribution in [3.05, 3.63) is 60.3 Å². The van der Waals surface area contributed by atoms with Crippen molar-refractivity contribution in [2.24, 2.45) is 0 Å². The molecule has 1 aliphatic rings. The van der Waals surface area contributed by atoms with Gasteiger partial charge in [-0.05, 0) is 24.1 Å². The molecule has 1 unspecified atom stereocenters. The maximum absolute atomic E-state index is 14.4. The molecule has 0 saturated carbocycles. The molecule has 0 spiro atoms. The molecule has 2 aromatic heterocycles. The highest BCUT2D eigenvalue weighted by Gasteiger charge is 2.37. The average molecular weight is 389 g/mol. The van der Waals surface area contributed by atoms with Gasteiger partial charge in [0.05, 0.1) is 6.61 Å². The molecule has 1 aliphatic heterocycles. The van der Waals surface area contributed by atoms with Crippen molar-refractivity contribution in [3.8, 4) is 5.75 Å². The van der Waals surface area contributed by atoms with E-state index >= 15 is 0 Å². The number of ether oxygens (including phenoxy) is 1. The smallest absolute Gasteiger partial charge is 0.241 e. The molecule has 5 nitrogen and oxygen atoms in total. The molecular weight excluding hydrogens is 371 g/mol. The zero-order valence-corrected chi connectivity index (χ0v) is 14.9. The summed E-state index contributed by atoms with van der Waals surface area (Å²) in [5.74, 6) is -0.279. The number of hydrogen-bond donors (Lipinski definition) is 0. The number of benzene rings is 1. The van der Waals surface area contributed by atoms with Crippen molar-refractivity contribution in [2.45, 2.75) is 31.7 Å². The number of carbonyl (C=O) groups is 1. The maximum Gasteiger partial charge on any atom is 0.241 e. The van der Waals surface area contributed by atoms with Gasteiger partial charge in [0.1, 0.15) is 17.2 Å². The molecule has 28 heavy (non-hydrogen) atoms. The van der Waals surface area contributed by atoms with E-state index in [4.69, 9.17) is 4.74 Å². The number of hydrogen-bond acceptors (Lipinski definition) is 3. The molecule has 1 fully saturated rings. The van der Waals surface area contributed by atoms with Crippen LogP contribution in [0.2, 0.25) is 0 Å². The summed E-state index contributed by atoms with van der Waals surface area (Å²) in [6.45, 7) is -0.169. The van der Waals surface area contributed by atoms with Crippen molar-refractivity contribution < 1.29 is 22.7 Å². The molecule has 0 N–H and O–H groups in total. The molecule has 146 valence electrons. The van der Waals surface area contributed by atoms with Gasteiger partial charge in [-0.2, -0.15) is 0 Å². The van der Waals surface area contributed by atoms with Crippen LogP contribution in [0.4, 0.5) is 18.9 Å². The molecule has 1 saturated heterocycles. The average Bonchev–Trinajstić information content (AvgIpc) is 3.10. The monoisotopic (exact) mass is 389 g/mol. The van der Waals surface area contributed by atoms with Crippen LogP contribution in [-0.4, -0.2) is 34.4 Å². The second kappa shape index (κ2) is 7.53. The van der Waals surface area contributed by atoms with Crippen molar-refractivity contribution in [3.63, 3.8) is 0 Å². The Bertz CT molecular complexity index is 1010. The molecule has 0 bridgehead atoms. The van der Waals surface area contributed by atoms with Gasteiger partial charge in [-0.25, -0.2) is 18.2 Å². The number of rotatable bonds is 7. The van der Waals surface area contributed by atoms with E-state index in [1.807, 2.05) is 28.9 Å². The van der Waals surface area contributed by atoms with Gasteiger partial charge in [-0.15, -0.1) is 0 Å². The zero-order chi connectivity index (χ0) is 19.7. The third-order valence-electron chi connectivity index (χ3n) is 4.79. The van der Waals surface area contributed by atoms with Gasteiger partial charge in [0.25, 0.3) is 0 Å². The van der Waals surface area contributed by atoms with Crippen LogP contribution in [0, 0.1) is 5.82 Å². The summed E-state index contributed by atoms with van der Waals surface area (Å²) >= 11 is 0. The summed E-state index contributed by atoms with van der Waals surface area (Å²) in [6.07, 6.45) is 3.16. The highest BCUT2D eigenvalue weighted by atomic mass is 19.3. The quantitative estimate of drug-likeness (QED) is 0.577. The first-order chi connectivity index (χ1) is 13.5. The van der Waals surface area contributed by atoms with E-state index in [-0.39, 0.29) is 24.3 Å². The van der Waals surface area contributed by atoms with Gasteiger partial charge in [-0.1, -0.05) is 6.07 Å². The Kier molecular flexibility index (Phi) is 4.93. The number of anilines is 1. The number of pyridine rings is 1. The van der Waals surface area contributed by atoms with Crippen molar-refractivity contribution in [1.82, 2.24) is 9.38 Å².